The van der Waals surface area contributed by atoms with Crippen molar-refractivity contribution >= 4 is 17.8 Å². The van der Waals surface area contributed by atoms with Crippen molar-refractivity contribution in [3.63, 3.8) is 0 Å². The lowest BCUT2D eigenvalue weighted by atomic mass is 9.58. The summed E-state index contributed by atoms with van der Waals surface area (Å²) in [6.07, 6.45) is 5.50. The van der Waals surface area contributed by atoms with Gasteiger partial charge in [0.2, 0.25) is 5.78 Å². The van der Waals surface area contributed by atoms with Gasteiger partial charge in [-0.1, -0.05) is 86.8 Å². The van der Waals surface area contributed by atoms with Crippen LogP contribution in [-0.4, -0.2) is 28.4 Å². The first kappa shape index (κ1) is 26.5. The van der Waals surface area contributed by atoms with Crippen LogP contribution in [0, 0.1) is 5.41 Å². The van der Waals surface area contributed by atoms with Gasteiger partial charge in [-0.05, 0) is 62.0 Å². The molecule has 35 heavy (non-hydrogen) atoms. The quantitative estimate of drug-likeness (QED) is 0.316. The molecule has 2 aromatic rings. The lowest BCUT2D eigenvalue weighted by Gasteiger charge is -2.48. The number of amides is 2. The van der Waals surface area contributed by atoms with Gasteiger partial charge in [0.15, 0.2) is 0 Å². The van der Waals surface area contributed by atoms with Crippen molar-refractivity contribution in [2.45, 2.75) is 83.2 Å². The number of carbonyl (C=O) groups is 3. The van der Waals surface area contributed by atoms with Crippen LogP contribution in [0.5, 0.6) is 0 Å². The molecule has 0 aliphatic heterocycles. The molecule has 0 aromatic heterocycles. The highest BCUT2D eigenvalue weighted by Gasteiger charge is 2.51. The lowest BCUT2D eigenvalue weighted by Crippen LogP contribution is -2.61. The number of unbranched alkanes of at least 4 members (excludes halogenated alkanes) is 1. The van der Waals surface area contributed by atoms with E-state index in [-0.39, 0.29) is 11.5 Å². The van der Waals surface area contributed by atoms with E-state index >= 15 is 0 Å². The van der Waals surface area contributed by atoms with Gasteiger partial charge >= 0.3 is 6.09 Å². The maximum absolute atomic E-state index is 13.7. The van der Waals surface area contributed by atoms with Crippen molar-refractivity contribution < 1.29 is 19.5 Å². The molecule has 1 aliphatic carbocycles. The summed E-state index contributed by atoms with van der Waals surface area (Å²) in [7, 11) is 0. The van der Waals surface area contributed by atoms with Crippen LogP contribution < -0.4 is 10.6 Å². The normalized spacial score (nSPS) is 16.9. The first-order chi connectivity index (χ1) is 16.8. The molecule has 0 saturated heterocycles. The van der Waals surface area contributed by atoms with Crippen molar-refractivity contribution in [3.8, 4) is 0 Å². The Morgan fingerprint density at radius 2 is 1.66 bits per heavy atom. The van der Waals surface area contributed by atoms with Crippen LogP contribution in [0.4, 0.5) is 4.79 Å². The lowest BCUT2D eigenvalue weighted by molar-refractivity contribution is -0.143. The number of aryl methyl sites for hydroxylation is 1. The zero-order chi connectivity index (χ0) is 25.3. The fourth-order valence-electron chi connectivity index (χ4n) is 5.32. The van der Waals surface area contributed by atoms with E-state index < -0.39 is 23.3 Å². The van der Waals surface area contributed by atoms with E-state index in [4.69, 9.17) is 0 Å². The van der Waals surface area contributed by atoms with E-state index in [9.17, 15) is 19.5 Å². The maximum Gasteiger partial charge on any atom is 0.405 e. The molecule has 188 valence electrons. The minimum Gasteiger partial charge on any atom is -0.465 e. The number of rotatable bonds is 13. The second kappa shape index (κ2) is 12.0. The Morgan fingerprint density at radius 3 is 2.20 bits per heavy atom. The van der Waals surface area contributed by atoms with Gasteiger partial charge in [-0.3, -0.25) is 9.59 Å². The standard InChI is InChI=1S/C29H38N2O4/c1-3-4-19-29(31-27(34)35,25(32)26(33)30-22(2)24-14-9-6-10-15-24)21-28(17-11-18-28)20-16-23-12-7-5-8-13-23/h5-10,12-15,22,31H,3-4,11,16-21H2,1-2H3,(H,30,33)(H,34,35)/t22-,29?/m1/s1. The fraction of sp³-hybridized carbons (Fsp3) is 0.483. The van der Waals surface area contributed by atoms with Gasteiger partial charge in [0, 0.05) is 0 Å². The summed E-state index contributed by atoms with van der Waals surface area (Å²) < 4.78 is 0. The summed E-state index contributed by atoms with van der Waals surface area (Å²) >= 11 is 0. The Morgan fingerprint density at radius 1 is 1.03 bits per heavy atom. The summed E-state index contributed by atoms with van der Waals surface area (Å²) in [4.78, 5) is 38.8. The molecule has 1 unspecified atom stereocenters. The molecule has 1 saturated carbocycles. The molecular weight excluding hydrogens is 440 g/mol. The Labute approximate surface area is 208 Å². The van der Waals surface area contributed by atoms with Gasteiger partial charge < -0.3 is 15.7 Å². The number of hydrogen-bond donors (Lipinski definition) is 3. The highest BCUT2D eigenvalue weighted by Crippen LogP contribution is 2.51. The molecule has 1 fully saturated rings. The number of ketones is 1. The number of carboxylic acid groups (broad SMARTS) is 1. The van der Waals surface area contributed by atoms with Gasteiger partial charge in [-0.15, -0.1) is 0 Å². The summed E-state index contributed by atoms with van der Waals surface area (Å²) in [5, 5.41) is 15.1. The molecule has 0 bridgehead atoms. The van der Waals surface area contributed by atoms with Crippen molar-refractivity contribution in [2.75, 3.05) is 0 Å². The summed E-state index contributed by atoms with van der Waals surface area (Å²) in [5.41, 5.74) is 0.522. The number of carbonyl (C=O) groups excluding carboxylic acids is 2. The third kappa shape index (κ3) is 6.93. The predicted octanol–water partition coefficient (Wildman–Crippen LogP) is 5.82. The topological polar surface area (TPSA) is 95.5 Å². The largest absolute Gasteiger partial charge is 0.465 e. The average Bonchev–Trinajstić information content (AvgIpc) is 2.84. The van der Waals surface area contributed by atoms with Crippen LogP contribution >= 0.6 is 0 Å². The number of hydrogen-bond acceptors (Lipinski definition) is 3. The van der Waals surface area contributed by atoms with E-state index in [0.29, 0.717) is 19.3 Å². The molecule has 6 nitrogen and oxygen atoms in total. The minimum atomic E-state index is -1.43. The third-order valence-corrected chi connectivity index (χ3v) is 7.47. The van der Waals surface area contributed by atoms with Crippen LogP contribution in [0.1, 0.15) is 82.4 Å². The minimum absolute atomic E-state index is 0.160. The first-order valence-corrected chi connectivity index (χ1v) is 12.7. The van der Waals surface area contributed by atoms with Gasteiger partial charge in [0.1, 0.15) is 5.54 Å². The average molecular weight is 479 g/mol. The van der Waals surface area contributed by atoms with Crippen LogP contribution in [0.15, 0.2) is 60.7 Å². The van der Waals surface area contributed by atoms with Crippen molar-refractivity contribution in [1.82, 2.24) is 10.6 Å². The first-order valence-electron chi connectivity index (χ1n) is 12.7. The molecule has 2 atom stereocenters. The Balaban J connectivity index is 1.83. The van der Waals surface area contributed by atoms with Crippen molar-refractivity contribution in [3.05, 3.63) is 71.8 Å². The van der Waals surface area contributed by atoms with Gasteiger partial charge in [0.05, 0.1) is 6.04 Å². The highest BCUT2D eigenvalue weighted by atomic mass is 16.4. The van der Waals surface area contributed by atoms with Crippen LogP contribution in [0.2, 0.25) is 0 Å². The van der Waals surface area contributed by atoms with Crippen LogP contribution in [-0.2, 0) is 16.0 Å². The number of benzene rings is 2. The molecule has 2 aromatic carbocycles. The van der Waals surface area contributed by atoms with Crippen LogP contribution in [0.25, 0.3) is 0 Å². The second-order valence-corrected chi connectivity index (χ2v) is 10.1. The molecule has 2 amide bonds. The van der Waals surface area contributed by atoms with Gasteiger partial charge in [0.25, 0.3) is 5.91 Å². The molecule has 0 radical (unpaired) electrons. The van der Waals surface area contributed by atoms with Crippen molar-refractivity contribution in [1.29, 1.82) is 0 Å². The molecule has 6 heteroatoms. The molecule has 0 heterocycles. The fourth-order valence-corrected chi connectivity index (χ4v) is 5.32. The zero-order valence-corrected chi connectivity index (χ0v) is 20.9. The van der Waals surface area contributed by atoms with Gasteiger partial charge in [-0.2, -0.15) is 0 Å². The number of Topliss-reactive ketones (excluding diaryl/α,β-unsaturated/α-hetero) is 1. The van der Waals surface area contributed by atoms with E-state index in [1.54, 1.807) is 0 Å². The van der Waals surface area contributed by atoms with E-state index in [1.807, 2.05) is 62.4 Å². The molecule has 1 aliphatic rings. The molecule has 3 N–H and O–H groups in total. The summed E-state index contributed by atoms with van der Waals surface area (Å²) in [6, 6.07) is 19.3. The van der Waals surface area contributed by atoms with E-state index in [1.165, 1.54) is 5.56 Å². The predicted molar refractivity (Wildman–Crippen MR) is 137 cm³/mol. The molecular formula is C29H38N2O4. The Hall–Kier alpha value is -3.15. The van der Waals surface area contributed by atoms with E-state index in [0.717, 1.165) is 44.1 Å². The SMILES string of the molecule is CCCCC(CC1(CCc2ccccc2)CCC1)(NC(=O)O)C(=O)C(=O)N[C@H](C)c1ccccc1. The Bertz CT molecular complexity index is 988. The molecule has 3 rings (SSSR count). The zero-order valence-electron chi connectivity index (χ0n) is 20.9. The highest BCUT2D eigenvalue weighted by molar-refractivity contribution is 6.40. The van der Waals surface area contributed by atoms with E-state index in [2.05, 4.69) is 22.8 Å². The van der Waals surface area contributed by atoms with Gasteiger partial charge in [-0.25, -0.2) is 4.79 Å². The number of nitrogens with one attached hydrogen (secondary N) is 2. The third-order valence-electron chi connectivity index (χ3n) is 7.47. The maximum atomic E-state index is 13.7. The molecule has 0 spiro atoms. The summed E-state index contributed by atoms with van der Waals surface area (Å²) in [6.45, 7) is 3.83. The van der Waals surface area contributed by atoms with Crippen LogP contribution in [0.3, 0.4) is 0 Å². The second-order valence-electron chi connectivity index (χ2n) is 10.1. The smallest absolute Gasteiger partial charge is 0.405 e. The van der Waals surface area contributed by atoms with Crippen molar-refractivity contribution in [2.24, 2.45) is 5.41 Å². The Kier molecular flexibility index (Phi) is 9.07. The summed E-state index contributed by atoms with van der Waals surface area (Å²) in [5.74, 6) is -1.41. The monoisotopic (exact) mass is 478 g/mol.